The standard InChI is InChI=1S/C51H79NO13/c1-30-16-12-11-13-17-31(2)42(61-8)28-38-21-19-36(7)51(60,65-38)48(57)49(58)52-23-15-14-18-39(52)50(59)64-43(33(4)26-37-20-22-40(53)44(27-37)62-9)29-41(54)32(3)25-35(6)46(56)47(63-10)45(55)34(5)24-30/h11-13,16-17,25,30,32-34,36-40,42-44,46-47,53,56,60H,14-15,18-24,26-29H2,1-10H3/b13-11+,16-12+,31-17+,35-25+/t30-,32-,33?,34-,36-,37?,38?,39+,40-,42+,43+,44-,46-,47+,51-/m1/s1. The molecule has 0 aromatic rings. The minimum Gasteiger partial charge on any atom is -0.460 e. The molecule has 3 unspecified atom stereocenters. The summed E-state index contributed by atoms with van der Waals surface area (Å²) < 4.78 is 29.4. The first-order valence-electron chi connectivity index (χ1n) is 23.9. The van der Waals surface area contributed by atoms with Gasteiger partial charge >= 0.3 is 5.97 Å². The number of piperidine rings is 1. The summed E-state index contributed by atoms with van der Waals surface area (Å²) in [4.78, 5) is 71.8. The predicted octanol–water partition coefficient (Wildman–Crippen LogP) is 6.18. The molecule has 0 spiro atoms. The molecular weight excluding hydrogens is 835 g/mol. The van der Waals surface area contributed by atoms with E-state index in [4.69, 9.17) is 23.7 Å². The number of methoxy groups -OCH3 is 3. The number of carbonyl (C=O) groups is 5. The Hall–Kier alpha value is -3.37. The van der Waals surface area contributed by atoms with Gasteiger partial charge in [0, 0.05) is 58.5 Å². The molecule has 0 aromatic carbocycles. The summed E-state index contributed by atoms with van der Waals surface area (Å²) in [6.45, 7) is 12.7. The highest BCUT2D eigenvalue weighted by Gasteiger charge is 2.53. The highest BCUT2D eigenvalue weighted by atomic mass is 16.6. The number of esters is 1. The molecule has 4 rings (SSSR count). The van der Waals surface area contributed by atoms with Crippen LogP contribution in [0, 0.1) is 35.5 Å². The highest BCUT2D eigenvalue weighted by Crippen LogP contribution is 2.38. The average molecular weight is 914 g/mol. The Morgan fingerprint density at radius 2 is 1.57 bits per heavy atom. The fraction of sp³-hybridized carbons (Fsp3) is 0.745. The summed E-state index contributed by atoms with van der Waals surface area (Å²) in [5.41, 5.74) is 1.27. The second kappa shape index (κ2) is 25.1. The molecule has 2 bridgehead atoms. The number of hydrogen-bond donors (Lipinski definition) is 3. The zero-order valence-electron chi connectivity index (χ0n) is 40.6. The summed E-state index contributed by atoms with van der Waals surface area (Å²) >= 11 is 0. The Balaban J connectivity index is 1.70. The number of hydrogen-bond acceptors (Lipinski definition) is 13. The lowest BCUT2D eigenvalue weighted by Gasteiger charge is -2.42. The summed E-state index contributed by atoms with van der Waals surface area (Å²) in [6.07, 6.45) is 11.2. The van der Waals surface area contributed by atoms with Crippen molar-refractivity contribution in [1.82, 2.24) is 4.90 Å². The maximum Gasteiger partial charge on any atom is 0.329 e. The van der Waals surface area contributed by atoms with Gasteiger partial charge in [0.1, 0.15) is 30.1 Å². The van der Waals surface area contributed by atoms with Gasteiger partial charge in [-0.2, -0.15) is 0 Å². The zero-order chi connectivity index (χ0) is 48.2. The van der Waals surface area contributed by atoms with Crippen molar-refractivity contribution in [2.24, 2.45) is 35.5 Å². The SMILES string of the molecule is CO[C@H]1CC2CC[C@@H](C)[C@@](O)(O2)C(=O)C(=O)N2CCCC[C@H]2C(=O)O[C@H](C(C)CC2CC[C@@H](O)[C@H](OC)C2)CC(=O)[C@H](C)/C=C(\C)[C@@H](O)[C@@H](OC)C(=O)[C@H](C)C[C@H](C)/C=C/C=C/C=C/1C. The van der Waals surface area contributed by atoms with Gasteiger partial charge in [0.15, 0.2) is 5.78 Å². The fourth-order valence-corrected chi connectivity index (χ4v) is 10.1. The van der Waals surface area contributed by atoms with E-state index >= 15 is 0 Å². The van der Waals surface area contributed by atoms with E-state index in [1.807, 2.05) is 58.1 Å². The van der Waals surface area contributed by atoms with Crippen molar-refractivity contribution in [1.29, 1.82) is 0 Å². The number of allylic oxidation sites excluding steroid dienone is 6. The lowest BCUT2D eigenvalue weighted by atomic mass is 9.78. The molecule has 65 heavy (non-hydrogen) atoms. The van der Waals surface area contributed by atoms with Gasteiger partial charge in [-0.15, -0.1) is 0 Å². The van der Waals surface area contributed by atoms with Crippen molar-refractivity contribution in [3.63, 3.8) is 0 Å². The van der Waals surface area contributed by atoms with Crippen LogP contribution < -0.4 is 0 Å². The first kappa shape index (κ1) is 54.2. The van der Waals surface area contributed by atoms with Crippen molar-refractivity contribution in [3.05, 3.63) is 47.6 Å². The molecule has 3 N–H and O–H groups in total. The number of aliphatic hydroxyl groups is 3. The molecule has 0 aromatic heterocycles. The number of carbonyl (C=O) groups excluding carboxylic acids is 5. The molecular formula is C51H79NO13. The minimum atomic E-state index is -2.43. The van der Waals surface area contributed by atoms with Crippen LogP contribution in [0.15, 0.2) is 47.6 Å². The van der Waals surface area contributed by atoms with Crippen molar-refractivity contribution in [2.45, 2.75) is 180 Å². The molecule has 1 saturated carbocycles. The maximum absolute atomic E-state index is 14.4. The van der Waals surface area contributed by atoms with Crippen LogP contribution in [0.4, 0.5) is 0 Å². The number of rotatable bonds is 6. The van der Waals surface area contributed by atoms with Gasteiger partial charge in [-0.1, -0.05) is 71.1 Å². The zero-order valence-corrected chi connectivity index (χ0v) is 40.6. The van der Waals surface area contributed by atoms with E-state index in [-0.39, 0.29) is 54.8 Å². The number of Topliss-reactive ketones (excluding diaryl/α,β-unsaturated/α-hetero) is 3. The molecule has 2 saturated heterocycles. The van der Waals surface area contributed by atoms with Crippen LogP contribution in [0.25, 0.3) is 0 Å². The molecule has 3 aliphatic heterocycles. The average Bonchev–Trinajstić information content (AvgIpc) is 3.28. The van der Waals surface area contributed by atoms with Crippen LogP contribution in [0.1, 0.15) is 126 Å². The van der Waals surface area contributed by atoms with Crippen LogP contribution in [0.2, 0.25) is 0 Å². The molecule has 3 heterocycles. The van der Waals surface area contributed by atoms with E-state index in [0.29, 0.717) is 63.4 Å². The van der Waals surface area contributed by atoms with Gasteiger partial charge in [0.05, 0.1) is 24.4 Å². The minimum absolute atomic E-state index is 0.0193. The Kier molecular flexibility index (Phi) is 21.0. The third-order valence-electron chi connectivity index (χ3n) is 14.5. The van der Waals surface area contributed by atoms with E-state index in [9.17, 15) is 39.3 Å². The van der Waals surface area contributed by atoms with E-state index in [1.165, 1.54) is 12.0 Å². The van der Waals surface area contributed by atoms with Gasteiger partial charge in [-0.05, 0) is 107 Å². The Labute approximate surface area is 387 Å². The Bertz CT molecular complexity index is 1760. The van der Waals surface area contributed by atoms with Crippen LogP contribution >= 0.6 is 0 Å². The quantitative estimate of drug-likeness (QED) is 0.156. The molecule has 4 aliphatic rings. The van der Waals surface area contributed by atoms with E-state index in [2.05, 4.69) is 0 Å². The molecule has 1 aliphatic carbocycles. The number of nitrogens with zero attached hydrogens (tertiary/aromatic N) is 1. The fourth-order valence-electron chi connectivity index (χ4n) is 10.1. The van der Waals surface area contributed by atoms with Gasteiger partial charge in [0.25, 0.3) is 11.7 Å². The van der Waals surface area contributed by atoms with Gasteiger partial charge in [-0.25, -0.2) is 4.79 Å². The van der Waals surface area contributed by atoms with Crippen LogP contribution in [0.5, 0.6) is 0 Å². The maximum atomic E-state index is 14.4. The first-order chi connectivity index (χ1) is 30.7. The monoisotopic (exact) mass is 914 g/mol. The number of ether oxygens (including phenoxy) is 5. The van der Waals surface area contributed by atoms with E-state index < -0.39 is 83.9 Å². The number of ketones is 3. The lowest BCUT2D eigenvalue weighted by molar-refractivity contribution is -0.265. The molecule has 1 amide bonds. The van der Waals surface area contributed by atoms with Gasteiger partial charge < -0.3 is 43.9 Å². The molecule has 3 fully saturated rings. The molecule has 366 valence electrons. The van der Waals surface area contributed by atoms with Gasteiger partial charge in [0.2, 0.25) is 5.79 Å². The van der Waals surface area contributed by atoms with Crippen molar-refractivity contribution >= 4 is 29.2 Å². The van der Waals surface area contributed by atoms with Crippen LogP contribution in [-0.4, -0.2) is 132 Å². The second-order valence-electron chi connectivity index (χ2n) is 19.6. The topological polar surface area (TPSA) is 195 Å². The molecule has 0 radical (unpaired) electrons. The van der Waals surface area contributed by atoms with Crippen molar-refractivity contribution in [3.8, 4) is 0 Å². The summed E-state index contributed by atoms with van der Waals surface area (Å²) in [7, 11) is 4.52. The van der Waals surface area contributed by atoms with Crippen molar-refractivity contribution in [2.75, 3.05) is 27.9 Å². The number of cyclic esters (lactones) is 1. The summed E-state index contributed by atoms with van der Waals surface area (Å²) in [5.74, 6) is -7.96. The second-order valence-corrected chi connectivity index (χ2v) is 19.6. The third kappa shape index (κ3) is 14.3. The number of aliphatic hydroxyl groups excluding tert-OH is 2. The number of fused-ring (bicyclic) bond motifs is 3. The Morgan fingerprint density at radius 3 is 2.25 bits per heavy atom. The van der Waals surface area contributed by atoms with Crippen LogP contribution in [0.3, 0.4) is 0 Å². The largest absolute Gasteiger partial charge is 0.460 e. The van der Waals surface area contributed by atoms with Crippen molar-refractivity contribution < 1.29 is 63.0 Å². The number of amides is 1. The summed E-state index contributed by atoms with van der Waals surface area (Å²) in [6, 6.07) is -1.14. The third-order valence-corrected chi connectivity index (χ3v) is 14.5. The summed E-state index contributed by atoms with van der Waals surface area (Å²) in [5, 5.41) is 33.8. The lowest BCUT2D eigenvalue weighted by Crippen LogP contribution is -2.61. The van der Waals surface area contributed by atoms with E-state index in [1.54, 1.807) is 41.1 Å². The molecule has 14 nitrogen and oxygen atoms in total. The molecule has 14 heteroatoms. The normalized spacial score (nSPS) is 40.4. The predicted molar refractivity (Wildman–Crippen MR) is 245 cm³/mol. The Morgan fingerprint density at radius 1 is 0.846 bits per heavy atom. The van der Waals surface area contributed by atoms with Crippen LogP contribution in [-0.2, 0) is 47.7 Å². The highest BCUT2D eigenvalue weighted by molar-refractivity contribution is 6.39. The van der Waals surface area contributed by atoms with Gasteiger partial charge in [-0.3, -0.25) is 19.2 Å². The molecule has 15 atom stereocenters. The van der Waals surface area contributed by atoms with E-state index in [0.717, 1.165) is 12.0 Å². The smallest absolute Gasteiger partial charge is 0.329 e. The first-order valence-corrected chi connectivity index (χ1v) is 23.9.